The van der Waals surface area contributed by atoms with Crippen molar-refractivity contribution in [1.29, 1.82) is 0 Å². The number of nitrogens with zero attached hydrogens (tertiary/aromatic N) is 3. The Morgan fingerprint density at radius 1 is 1.24 bits per heavy atom. The molecule has 2 aromatic heterocycles. The number of furan rings is 1. The summed E-state index contributed by atoms with van der Waals surface area (Å²) in [6, 6.07) is 13.5. The molecule has 1 aromatic carbocycles. The lowest BCUT2D eigenvalue weighted by molar-refractivity contribution is -0.118. The molecule has 0 saturated heterocycles. The second-order valence-electron chi connectivity index (χ2n) is 5.80. The molecule has 0 aliphatic carbocycles. The molecule has 0 saturated carbocycles. The minimum atomic E-state index is -0.0800. The topological polar surface area (TPSA) is 73.0 Å². The van der Waals surface area contributed by atoms with Gasteiger partial charge in [0.2, 0.25) is 11.1 Å². The van der Waals surface area contributed by atoms with E-state index in [4.69, 9.17) is 4.42 Å². The lowest BCUT2D eigenvalue weighted by Crippen LogP contribution is -2.24. The third-order valence-corrected chi connectivity index (χ3v) is 4.34. The van der Waals surface area contributed by atoms with Crippen LogP contribution in [0.25, 0.3) is 5.69 Å². The van der Waals surface area contributed by atoms with E-state index in [0.29, 0.717) is 11.7 Å². The normalized spacial score (nSPS) is 11.0. The smallest absolute Gasteiger partial charge is 0.230 e. The SMILES string of the molecule is CC(C)c1nc(SCC(=O)NCc2ccco2)nn1-c1ccccc1. The maximum atomic E-state index is 12.0. The van der Waals surface area contributed by atoms with Gasteiger partial charge in [0.1, 0.15) is 11.6 Å². The Labute approximate surface area is 150 Å². The number of amides is 1. The lowest BCUT2D eigenvalue weighted by Gasteiger charge is -2.07. The van der Waals surface area contributed by atoms with Crippen molar-refractivity contribution in [3.8, 4) is 5.69 Å². The van der Waals surface area contributed by atoms with Crippen LogP contribution in [0, 0.1) is 0 Å². The summed E-state index contributed by atoms with van der Waals surface area (Å²) < 4.78 is 7.03. The van der Waals surface area contributed by atoms with E-state index in [1.54, 1.807) is 12.3 Å². The molecule has 6 nitrogen and oxygen atoms in total. The first-order valence-electron chi connectivity index (χ1n) is 8.07. The van der Waals surface area contributed by atoms with Crippen molar-refractivity contribution < 1.29 is 9.21 Å². The van der Waals surface area contributed by atoms with Gasteiger partial charge in [0, 0.05) is 5.92 Å². The number of rotatable bonds is 7. The van der Waals surface area contributed by atoms with Crippen LogP contribution in [0.3, 0.4) is 0 Å². The number of benzene rings is 1. The first-order chi connectivity index (χ1) is 12.1. The van der Waals surface area contributed by atoms with E-state index in [1.807, 2.05) is 41.1 Å². The number of aromatic nitrogens is 3. The molecule has 0 spiro atoms. The minimum absolute atomic E-state index is 0.0800. The number of para-hydroxylation sites is 1. The zero-order chi connectivity index (χ0) is 17.6. The molecule has 0 bridgehead atoms. The van der Waals surface area contributed by atoms with Crippen LogP contribution < -0.4 is 5.32 Å². The van der Waals surface area contributed by atoms with Crippen molar-refractivity contribution in [3.63, 3.8) is 0 Å². The third-order valence-electron chi connectivity index (χ3n) is 3.50. The Kier molecular flexibility index (Phi) is 5.55. The summed E-state index contributed by atoms with van der Waals surface area (Å²) in [5.74, 6) is 2.02. The fourth-order valence-electron chi connectivity index (χ4n) is 2.28. The number of hydrogen-bond donors (Lipinski definition) is 1. The van der Waals surface area contributed by atoms with Gasteiger partial charge < -0.3 is 9.73 Å². The Morgan fingerprint density at radius 2 is 2.04 bits per heavy atom. The average Bonchev–Trinajstić information content (AvgIpc) is 3.28. The Morgan fingerprint density at radius 3 is 2.72 bits per heavy atom. The molecule has 0 aliphatic rings. The third kappa shape index (κ3) is 4.51. The maximum Gasteiger partial charge on any atom is 0.230 e. The monoisotopic (exact) mass is 356 g/mol. The average molecular weight is 356 g/mol. The molecule has 0 aliphatic heterocycles. The van der Waals surface area contributed by atoms with Gasteiger partial charge in [0.05, 0.1) is 24.2 Å². The van der Waals surface area contributed by atoms with Crippen LogP contribution in [0.2, 0.25) is 0 Å². The van der Waals surface area contributed by atoms with Crippen molar-refractivity contribution >= 4 is 17.7 Å². The molecule has 2 heterocycles. The second-order valence-corrected chi connectivity index (χ2v) is 6.74. The van der Waals surface area contributed by atoms with Crippen molar-refractivity contribution in [2.75, 3.05) is 5.75 Å². The fourth-order valence-corrected chi connectivity index (χ4v) is 2.94. The molecule has 1 N–H and O–H groups in total. The van der Waals surface area contributed by atoms with Crippen molar-refractivity contribution in [1.82, 2.24) is 20.1 Å². The predicted molar refractivity (Wildman–Crippen MR) is 96.7 cm³/mol. The van der Waals surface area contributed by atoms with Gasteiger partial charge in [-0.15, -0.1) is 5.10 Å². The second kappa shape index (κ2) is 8.02. The summed E-state index contributed by atoms with van der Waals surface area (Å²) in [6.45, 7) is 4.54. The van der Waals surface area contributed by atoms with E-state index in [0.717, 1.165) is 17.3 Å². The van der Waals surface area contributed by atoms with Gasteiger partial charge in [0.25, 0.3) is 0 Å². The highest BCUT2D eigenvalue weighted by Crippen LogP contribution is 2.21. The molecule has 1 amide bonds. The van der Waals surface area contributed by atoms with Crippen LogP contribution in [0.4, 0.5) is 0 Å². The van der Waals surface area contributed by atoms with Crippen LogP contribution in [0.1, 0.15) is 31.4 Å². The number of carbonyl (C=O) groups is 1. The summed E-state index contributed by atoms with van der Waals surface area (Å²) in [5, 5.41) is 7.97. The maximum absolute atomic E-state index is 12.0. The van der Waals surface area contributed by atoms with Gasteiger partial charge in [-0.25, -0.2) is 9.67 Å². The fraction of sp³-hybridized carbons (Fsp3) is 0.278. The summed E-state index contributed by atoms with van der Waals surface area (Å²) in [5.41, 5.74) is 0.966. The number of hydrogen-bond acceptors (Lipinski definition) is 5. The van der Waals surface area contributed by atoms with E-state index in [1.165, 1.54) is 11.8 Å². The molecular weight excluding hydrogens is 336 g/mol. The predicted octanol–water partition coefficient (Wildman–Crippen LogP) is 3.39. The molecule has 0 atom stereocenters. The van der Waals surface area contributed by atoms with E-state index in [2.05, 4.69) is 29.2 Å². The van der Waals surface area contributed by atoms with Gasteiger partial charge in [-0.2, -0.15) is 0 Å². The van der Waals surface area contributed by atoms with E-state index in [-0.39, 0.29) is 17.6 Å². The highest BCUT2D eigenvalue weighted by atomic mass is 32.2. The largest absolute Gasteiger partial charge is 0.467 e. The highest BCUT2D eigenvalue weighted by molar-refractivity contribution is 7.99. The van der Waals surface area contributed by atoms with E-state index in [9.17, 15) is 4.79 Å². The molecule has 25 heavy (non-hydrogen) atoms. The zero-order valence-electron chi connectivity index (χ0n) is 14.2. The van der Waals surface area contributed by atoms with Gasteiger partial charge in [-0.05, 0) is 24.3 Å². The molecule has 3 aromatic rings. The van der Waals surface area contributed by atoms with E-state index < -0.39 is 0 Å². The number of thioether (sulfide) groups is 1. The Hall–Kier alpha value is -2.54. The van der Waals surface area contributed by atoms with Crippen molar-refractivity contribution in [3.05, 3.63) is 60.3 Å². The lowest BCUT2D eigenvalue weighted by atomic mass is 10.2. The molecule has 0 radical (unpaired) electrons. The van der Waals surface area contributed by atoms with Crippen molar-refractivity contribution in [2.45, 2.75) is 31.5 Å². The van der Waals surface area contributed by atoms with E-state index >= 15 is 0 Å². The Bertz CT molecular complexity index is 813. The standard InChI is InChI=1S/C18H20N4O2S/c1-13(2)17-20-18(21-22(17)14-7-4-3-5-8-14)25-12-16(23)19-11-15-9-6-10-24-15/h3-10,13H,11-12H2,1-2H3,(H,19,23). The Balaban J connectivity index is 1.63. The van der Waals surface area contributed by atoms with Gasteiger partial charge >= 0.3 is 0 Å². The summed E-state index contributed by atoms with van der Waals surface area (Å²) in [7, 11) is 0. The van der Waals surface area contributed by atoms with Gasteiger partial charge in [-0.1, -0.05) is 43.8 Å². The van der Waals surface area contributed by atoms with Gasteiger partial charge in [0.15, 0.2) is 0 Å². The molecular formula is C18H20N4O2S. The van der Waals surface area contributed by atoms with Crippen molar-refractivity contribution in [2.24, 2.45) is 0 Å². The first kappa shape index (κ1) is 17.3. The van der Waals surface area contributed by atoms with Crippen LogP contribution in [-0.4, -0.2) is 26.4 Å². The summed E-state index contributed by atoms with van der Waals surface area (Å²) >= 11 is 1.33. The number of nitrogens with one attached hydrogen (secondary N) is 1. The first-order valence-corrected chi connectivity index (χ1v) is 9.06. The molecule has 130 valence electrons. The molecule has 0 unspecified atom stereocenters. The number of carbonyl (C=O) groups excluding carboxylic acids is 1. The van der Waals surface area contributed by atoms with Crippen LogP contribution in [-0.2, 0) is 11.3 Å². The highest BCUT2D eigenvalue weighted by Gasteiger charge is 2.16. The molecule has 3 rings (SSSR count). The quantitative estimate of drug-likeness (QED) is 0.657. The summed E-state index contributed by atoms with van der Waals surface area (Å²) in [6.07, 6.45) is 1.59. The summed E-state index contributed by atoms with van der Waals surface area (Å²) in [4.78, 5) is 16.6. The van der Waals surface area contributed by atoms with Crippen LogP contribution in [0.5, 0.6) is 0 Å². The molecule has 0 fully saturated rings. The van der Waals surface area contributed by atoms with Crippen LogP contribution >= 0.6 is 11.8 Å². The minimum Gasteiger partial charge on any atom is -0.467 e. The van der Waals surface area contributed by atoms with Crippen LogP contribution in [0.15, 0.2) is 58.3 Å². The molecule has 7 heteroatoms. The van der Waals surface area contributed by atoms with Gasteiger partial charge in [-0.3, -0.25) is 4.79 Å². The zero-order valence-corrected chi connectivity index (χ0v) is 15.0.